The molecule has 0 bridgehead atoms. The van der Waals surface area contributed by atoms with Gasteiger partial charge in [0, 0.05) is 32.6 Å². The van der Waals surface area contributed by atoms with E-state index in [-0.39, 0.29) is 17.7 Å². The van der Waals surface area contributed by atoms with E-state index in [0.29, 0.717) is 50.8 Å². The lowest BCUT2D eigenvalue weighted by molar-refractivity contribution is -0.136. The summed E-state index contributed by atoms with van der Waals surface area (Å²) in [5.74, 6) is 0.275. The third-order valence-corrected chi connectivity index (χ3v) is 4.59. The van der Waals surface area contributed by atoms with Gasteiger partial charge in [-0.25, -0.2) is 0 Å². The summed E-state index contributed by atoms with van der Waals surface area (Å²) in [6, 6.07) is 3.79. The zero-order chi connectivity index (χ0) is 17.3. The topological polar surface area (TPSA) is 82.2 Å². The Hall–Kier alpha value is -2.36. The maximum absolute atomic E-state index is 12.9. The molecule has 0 N–H and O–H groups in total. The molecule has 2 amide bonds. The number of nitrogens with zero attached hydrogens (tertiary/aromatic N) is 5. The summed E-state index contributed by atoms with van der Waals surface area (Å²) >= 11 is 0. The van der Waals surface area contributed by atoms with Crippen LogP contribution in [0, 0.1) is 23.2 Å². The number of hydrogen-bond acceptors (Lipinski definition) is 4. The Bertz CT molecular complexity index is 688. The number of aromatic nitrogens is 2. The summed E-state index contributed by atoms with van der Waals surface area (Å²) in [5, 5.41) is 13.2. The second kappa shape index (κ2) is 6.63. The van der Waals surface area contributed by atoms with Crippen LogP contribution in [0.3, 0.4) is 0 Å². The van der Waals surface area contributed by atoms with Gasteiger partial charge in [0.05, 0.1) is 18.2 Å². The van der Waals surface area contributed by atoms with Crippen molar-refractivity contribution in [3.8, 4) is 6.07 Å². The van der Waals surface area contributed by atoms with E-state index in [4.69, 9.17) is 5.26 Å². The monoisotopic (exact) mass is 329 g/mol. The predicted octanol–water partition coefficient (Wildman–Crippen LogP) is 0.992. The quantitative estimate of drug-likeness (QED) is 0.828. The van der Waals surface area contributed by atoms with Crippen LogP contribution in [0.1, 0.15) is 38.1 Å². The maximum atomic E-state index is 12.9. The molecule has 0 spiro atoms. The van der Waals surface area contributed by atoms with E-state index < -0.39 is 0 Å². The predicted molar refractivity (Wildman–Crippen MR) is 86.5 cm³/mol. The van der Waals surface area contributed by atoms with Crippen molar-refractivity contribution >= 4 is 11.8 Å². The van der Waals surface area contributed by atoms with Crippen molar-refractivity contribution in [2.45, 2.75) is 39.8 Å². The van der Waals surface area contributed by atoms with Crippen LogP contribution >= 0.6 is 0 Å². The highest BCUT2D eigenvalue weighted by molar-refractivity contribution is 5.89. The van der Waals surface area contributed by atoms with Gasteiger partial charge in [0.15, 0.2) is 5.69 Å². The fraction of sp³-hybridized carbons (Fsp3) is 0.647. The van der Waals surface area contributed by atoms with Crippen LogP contribution in [-0.2, 0) is 22.7 Å². The Morgan fingerprint density at radius 3 is 2.96 bits per heavy atom. The highest BCUT2D eigenvalue weighted by Gasteiger charge is 2.37. The van der Waals surface area contributed by atoms with Crippen molar-refractivity contribution in [3.63, 3.8) is 0 Å². The largest absolute Gasteiger partial charge is 0.342 e. The van der Waals surface area contributed by atoms with Crippen molar-refractivity contribution in [2.75, 3.05) is 19.6 Å². The van der Waals surface area contributed by atoms with Crippen molar-refractivity contribution in [1.29, 1.82) is 5.26 Å². The van der Waals surface area contributed by atoms with Gasteiger partial charge in [-0.1, -0.05) is 13.8 Å². The molecule has 128 valence electrons. The number of carbonyl (C=O) groups is 2. The van der Waals surface area contributed by atoms with Crippen LogP contribution in [0.2, 0.25) is 0 Å². The highest BCUT2D eigenvalue weighted by atomic mass is 16.2. The lowest BCUT2D eigenvalue weighted by atomic mass is 10.1. The minimum Gasteiger partial charge on any atom is -0.342 e. The van der Waals surface area contributed by atoms with Gasteiger partial charge in [-0.05, 0) is 18.4 Å². The molecular weight excluding hydrogens is 306 g/mol. The number of nitriles is 1. The van der Waals surface area contributed by atoms with E-state index in [1.54, 1.807) is 6.07 Å². The minimum absolute atomic E-state index is 0.0442. The molecule has 7 heteroatoms. The number of amides is 2. The first-order valence-electron chi connectivity index (χ1n) is 8.51. The molecule has 7 nitrogen and oxygen atoms in total. The van der Waals surface area contributed by atoms with Gasteiger partial charge in [-0.15, -0.1) is 0 Å². The lowest BCUT2D eigenvalue weighted by Crippen LogP contribution is -2.37. The zero-order valence-electron chi connectivity index (χ0n) is 14.2. The number of fused-ring (bicyclic) bond motifs is 1. The van der Waals surface area contributed by atoms with Gasteiger partial charge in [-0.2, -0.15) is 10.4 Å². The number of aryl methyl sites for hydroxylation is 1. The number of likely N-dealkylation sites (tertiary alicyclic amines) is 1. The van der Waals surface area contributed by atoms with Crippen LogP contribution in [0.5, 0.6) is 0 Å². The Labute approximate surface area is 141 Å². The number of carbonyl (C=O) groups excluding carboxylic acids is 2. The molecule has 0 unspecified atom stereocenters. The standard InChI is InChI=1S/C17H23N5O2/c1-12(2)9-21-10-13(6-16(21)23)17(24)20-4-3-5-22-15(11-20)7-14(8-18)19-22/h7,12-13H,3-6,9-11H2,1-2H3/t13-/m1/s1. The van der Waals surface area contributed by atoms with Gasteiger partial charge < -0.3 is 9.80 Å². The first kappa shape index (κ1) is 16.5. The second-order valence-electron chi connectivity index (χ2n) is 7.06. The molecule has 2 aliphatic rings. The van der Waals surface area contributed by atoms with Gasteiger partial charge in [0.2, 0.25) is 11.8 Å². The Morgan fingerprint density at radius 2 is 2.25 bits per heavy atom. The van der Waals surface area contributed by atoms with Gasteiger partial charge >= 0.3 is 0 Å². The zero-order valence-corrected chi connectivity index (χ0v) is 14.2. The molecule has 2 aliphatic heterocycles. The molecule has 3 rings (SSSR count). The van der Waals surface area contributed by atoms with E-state index in [9.17, 15) is 9.59 Å². The molecule has 0 aliphatic carbocycles. The summed E-state index contributed by atoms with van der Waals surface area (Å²) in [5.41, 5.74) is 1.28. The van der Waals surface area contributed by atoms with Crippen LogP contribution in [-0.4, -0.2) is 51.0 Å². The number of hydrogen-bond donors (Lipinski definition) is 0. The summed E-state index contributed by atoms with van der Waals surface area (Å²) in [7, 11) is 0. The van der Waals surface area contributed by atoms with Crippen molar-refractivity contribution in [2.24, 2.45) is 11.8 Å². The summed E-state index contributed by atoms with van der Waals surface area (Å²) in [4.78, 5) is 28.6. The Morgan fingerprint density at radius 1 is 1.46 bits per heavy atom. The van der Waals surface area contributed by atoms with Crippen molar-refractivity contribution in [3.05, 3.63) is 17.5 Å². The molecule has 3 heterocycles. The maximum Gasteiger partial charge on any atom is 0.228 e. The van der Waals surface area contributed by atoms with E-state index in [2.05, 4.69) is 18.9 Å². The van der Waals surface area contributed by atoms with E-state index in [1.165, 1.54) is 0 Å². The average Bonchev–Trinajstić information content (AvgIpc) is 3.03. The second-order valence-corrected chi connectivity index (χ2v) is 7.06. The van der Waals surface area contributed by atoms with E-state index in [1.807, 2.05) is 20.6 Å². The van der Waals surface area contributed by atoms with Crippen LogP contribution in [0.4, 0.5) is 0 Å². The minimum atomic E-state index is -0.249. The van der Waals surface area contributed by atoms with Gasteiger partial charge in [0.1, 0.15) is 6.07 Å². The molecule has 1 fully saturated rings. The SMILES string of the molecule is CC(C)CN1C[C@H](C(=O)N2CCCn3nc(C#N)cc3C2)CC1=O. The fourth-order valence-corrected chi connectivity index (χ4v) is 3.52. The smallest absolute Gasteiger partial charge is 0.228 e. The van der Waals surface area contributed by atoms with Crippen LogP contribution < -0.4 is 0 Å². The third kappa shape index (κ3) is 3.28. The summed E-state index contributed by atoms with van der Waals surface area (Å²) in [6.07, 6.45) is 1.12. The van der Waals surface area contributed by atoms with Crippen LogP contribution in [0.25, 0.3) is 0 Å². The summed E-state index contributed by atoms with van der Waals surface area (Å²) in [6.45, 7) is 7.22. The lowest BCUT2D eigenvalue weighted by Gasteiger charge is -2.24. The van der Waals surface area contributed by atoms with E-state index >= 15 is 0 Å². The Balaban J connectivity index is 1.69. The number of rotatable bonds is 3. The molecule has 0 aromatic carbocycles. The van der Waals surface area contributed by atoms with Crippen LogP contribution in [0.15, 0.2) is 6.07 Å². The van der Waals surface area contributed by atoms with E-state index in [0.717, 1.165) is 12.1 Å². The fourth-order valence-electron chi connectivity index (χ4n) is 3.52. The molecule has 1 saturated heterocycles. The first-order valence-corrected chi connectivity index (χ1v) is 8.51. The van der Waals surface area contributed by atoms with Gasteiger partial charge in [-0.3, -0.25) is 14.3 Å². The Kier molecular flexibility index (Phi) is 4.56. The summed E-state index contributed by atoms with van der Waals surface area (Å²) < 4.78 is 1.82. The van der Waals surface area contributed by atoms with Crippen molar-refractivity contribution < 1.29 is 9.59 Å². The molecule has 24 heavy (non-hydrogen) atoms. The highest BCUT2D eigenvalue weighted by Crippen LogP contribution is 2.23. The molecule has 1 aromatic heterocycles. The molecule has 1 aromatic rings. The molecular formula is C17H23N5O2. The molecule has 0 saturated carbocycles. The van der Waals surface area contributed by atoms with Gasteiger partial charge in [0.25, 0.3) is 0 Å². The first-order chi connectivity index (χ1) is 11.5. The molecule has 0 radical (unpaired) electrons. The normalized spacial score (nSPS) is 20.9. The van der Waals surface area contributed by atoms with Crippen molar-refractivity contribution in [1.82, 2.24) is 19.6 Å². The third-order valence-electron chi connectivity index (χ3n) is 4.59. The average molecular weight is 329 g/mol. The molecule has 1 atom stereocenters.